The first-order valence-electron chi connectivity index (χ1n) is 18.0. The smallest absolute Gasteiger partial charge is 0.186 e. The summed E-state index contributed by atoms with van der Waals surface area (Å²) in [6, 6.07) is 0. The summed E-state index contributed by atoms with van der Waals surface area (Å²) in [6.45, 7) is 15.1. The molecule has 10 nitrogen and oxygen atoms in total. The lowest BCUT2D eigenvalue weighted by Crippen LogP contribution is -2.67. The van der Waals surface area contributed by atoms with Gasteiger partial charge >= 0.3 is 0 Å². The average molecular weight is 655 g/mol. The van der Waals surface area contributed by atoms with Crippen molar-refractivity contribution in [2.75, 3.05) is 13.2 Å². The molecular formula is C36H62O10. The van der Waals surface area contributed by atoms with Crippen LogP contribution in [0.25, 0.3) is 0 Å². The van der Waals surface area contributed by atoms with Gasteiger partial charge in [-0.05, 0) is 117 Å². The molecule has 0 spiro atoms. The largest absolute Gasteiger partial charge is 0.394 e. The first kappa shape index (κ1) is 35.4. The van der Waals surface area contributed by atoms with E-state index in [9.17, 15) is 35.7 Å². The van der Waals surface area contributed by atoms with Gasteiger partial charge in [0.25, 0.3) is 0 Å². The highest BCUT2D eigenvalue weighted by molar-refractivity contribution is 5.20. The van der Waals surface area contributed by atoms with Crippen molar-refractivity contribution in [3.8, 4) is 0 Å². The van der Waals surface area contributed by atoms with Crippen molar-refractivity contribution in [1.29, 1.82) is 0 Å². The van der Waals surface area contributed by atoms with Crippen LogP contribution in [0.5, 0.6) is 0 Å². The number of aliphatic hydroxyl groups is 7. The van der Waals surface area contributed by atoms with Gasteiger partial charge < -0.3 is 50.0 Å². The van der Waals surface area contributed by atoms with Gasteiger partial charge in [0, 0.05) is 0 Å². The van der Waals surface area contributed by atoms with Crippen LogP contribution in [0.1, 0.15) is 106 Å². The summed E-state index contributed by atoms with van der Waals surface area (Å²) in [5.41, 5.74) is -1.92. The third kappa shape index (κ3) is 5.10. The van der Waals surface area contributed by atoms with Crippen LogP contribution in [0.2, 0.25) is 0 Å². The Kier molecular flexibility index (Phi) is 8.91. The fourth-order valence-electron chi connectivity index (χ4n) is 12.4. The van der Waals surface area contributed by atoms with E-state index in [0.29, 0.717) is 19.3 Å². The molecule has 0 radical (unpaired) electrons. The number of hydrogen-bond acceptors (Lipinski definition) is 10. The average Bonchev–Trinajstić information content (AvgIpc) is 3.50. The maximum absolute atomic E-state index is 12.1. The van der Waals surface area contributed by atoms with Crippen LogP contribution in [0.15, 0.2) is 0 Å². The minimum atomic E-state index is -1.47. The molecular weight excluding hydrogens is 592 g/mol. The zero-order chi connectivity index (χ0) is 33.8. The second-order valence-electron chi connectivity index (χ2n) is 18.1. The van der Waals surface area contributed by atoms with Crippen LogP contribution >= 0.6 is 0 Å². The van der Waals surface area contributed by atoms with Crippen LogP contribution < -0.4 is 0 Å². The van der Waals surface area contributed by atoms with Gasteiger partial charge in [-0.1, -0.05) is 34.6 Å². The van der Waals surface area contributed by atoms with Crippen molar-refractivity contribution in [1.82, 2.24) is 0 Å². The Labute approximate surface area is 274 Å². The first-order valence-corrected chi connectivity index (χ1v) is 18.0. The third-order valence-electron chi connectivity index (χ3n) is 15.5. The highest BCUT2D eigenvalue weighted by atomic mass is 16.7. The maximum atomic E-state index is 12.1. The molecule has 10 heteroatoms. The molecule has 17 atom stereocenters. The monoisotopic (exact) mass is 654 g/mol. The Morgan fingerprint density at radius 3 is 2.13 bits per heavy atom. The van der Waals surface area contributed by atoms with E-state index >= 15 is 0 Å². The van der Waals surface area contributed by atoms with E-state index in [1.165, 1.54) is 0 Å². The molecule has 0 aromatic carbocycles. The lowest BCUT2D eigenvalue weighted by atomic mass is 9.35. The zero-order valence-electron chi connectivity index (χ0n) is 29.1. The quantitative estimate of drug-likeness (QED) is 0.152. The predicted molar refractivity (Wildman–Crippen MR) is 169 cm³/mol. The van der Waals surface area contributed by atoms with E-state index in [4.69, 9.17) is 14.2 Å². The number of epoxide rings is 1. The molecule has 7 N–H and O–H groups in total. The lowest BCUT2D eigenvalue weighted by molar-refractivity contribution is -0.332. The molecule has 0 amide bonds. The Balaban J connectivity index is 1.20. The normalized spacial score (nSPS) is 56.0. The SMILES string of the molecule is CC1(C)[C@@H](O[C@@H]2O[C@H](CO)[C@@H](O)[C@H](O)[C@H]2O)CC[C@]2(C)[C@H]3C[C@@H](O)[C@@H]4[C@@H]([C@@](C)(O)CC[C@H]5O[C@]5(C)CO)CC[C@@]4(C)[C@]3(C)CC[C@@H]12. The van der Waals surface area contributed by atoms with Crippen LogP contribution in [0.3, 0.4) is 0 Å². The van der Waals surface area contributed by atoms with Gasteiger partial charge in [-0.2, -0.15) is 0 Å². The van der Waals surface area contributed by atoms with E-state index in [2.05, 4.69) is 34.6 Å². The van der Waals surface area contributed by atoms with Gasteiger partial charge in [-0.15, -0.1) is 0 Å². The Morgan fingerprint density at radius 1 is 0.826 bits per heavy atom. The predicted octanol–water partition coefficient (Wildman–Crippen LogP) is 2.51. The van der Waals surface area contributed by atoms with Crippen molar-refractivity contribution < 1.29 is 50.0 Å². The summed E-state index contributed by atoms with van der Waals surface area (Å²) in [4.78, 5) is 0. The molecule has 46 heavy (non-hydrogen) atoms. The lowest BCUT2D eigenvalue weighted by Gasteiger charge is -2.70. The highest BCUT2D eigenvalue weighted by Crippen LogP contribution is 2.76. The van der Waals surface area contributed by atoms with Gasteiger partial charge in [-0.3, -0.25) is 0 Å². The van der Waals surface area contributed by atoms with Gasteiger partial charge in [0.05, 0.1) is 37.1 Å². The molecule has 0 bridgehead atoms. The highest BCUT2D eigenvalue weighted by Gasteiger charge is 2.71. The Hall–Kier alpha value is -0.400. The first-order chi connectivity index (χ1) is 21.3. The van der Waals surface area contributed by atoms with Gasteiger partial charge in [0.15, 0.2) is 6.29 Å². The van der Waals surface area contributed by atoms with Crippen LogP contribution in [-0.2, 0) is 14.2 Å². The van der Waals surface area contributed by atoms with Crippen molar-refractivity contribution in [3.63, 3.8) is 0 Å². The second kappa shape index (κ2) is 11.6. The van der Waals surface area contributed by atoms with E-state index in [1.54, 1.807) is 0 Å². The standard InChI is InChI=1S/C36H62O10/c1-31(2)22-9-14-33(4)23(32(22,3)12-10-24(31)45-30-29(42)28(41)27(40)21(17-37)44-30)16-20(39)26-19(8-13-34(26,33)5)35(6,43)15-11-25-36(7,18-38)46-25/h19-30,37-43H,8-18H2,1-7H3/t19-,20+,21+,22-,23+,24-,25+,26-,27+,28-,29+,30-,32-,33+,34+,35-,36+/m0/s1. The Morgan fingerprint density at radius 2 is 1.50 bits per heavy atom. The molecule has 2 heterocycles. The summed E-state index contributed by atoms with van der Waals surface area (Å²) in [6.07, 6.45) is 0.208. The van der Waals surface area contributed by atoms with Crippen molar-refractivity contribution in [3.05, 3.63) is 0 Å². The fourth-order valence-corrected chi connectivity index (χ4v) is 12.4. The van der Waals surface area contributed by atoms with Crippen LogP contribution in [0.4, 0.5) is 0 Å². The van der Waals surface area contributed by atoms with Gasteiger partial charge in [0.1, 0.15) is 30.0 Å². The third-order valence-corrected chi connectivity index (χ3v) is 15.5. The second-order valence-corrected chi connectivity index (χ2v) is 18.1. The molecule has 266 valence electrons. The van der Waals surface area contributed by atoms with Crippen molar-refractivity contribution in [2.24, 2.45) is 45.3 Å². The zero-order valence-corrected chi connectivity index (χ0v) is 29.1. The number of ether oxygens (including phenoxy) is 3. The number of fused-ring (bicyclic) bond motifs is 5. The molecule has 4 saturated carbocycles. The summed E-state index contributed by atoms with van der Waals surface area (Å²) in [5, 5.41) is 74.6. The van der Waals surface area contributed by atoms with E-state index in [0.717, 1.165) is 38.5 Å². The summed E-state index contributed by atoms with van der Waals surface area (Å²) < 4.78 is 17.9. The van der Waals surface area contributed by atoms with E-state index in [1.807, 2.05) is 13.8 Å². The molecule has 0 aromatic heterocycles. The van der Waals surface area contributed by atoms with Gasteiger partial charge in [0.2, 0.25) is 0 Å². The summed E-state index contributed by atoms with van der Waals surface area (Å²) in [5.74, 6) is 0.575. The fraction of sp³-hybridized carbons (Fsp3) is 1.00. The molecule has 4 aliphatic carbocycles. The van der Waals surface area contributed by atoms with Gasteiger partial charge in [-0.25, -0.2) is 0 Å². The van der Waals surface area contributed by atoms with Crippen LogP contribution in [0, 0.1) is 45.3 Å². The molecule has 0 aromatic rings. The molecule has 6 rings (SSSR count). The maximum Gasteiger partial charge on any atom is 0.186 e. The molecule has 6 fully saturated rings. The van der Waals surface area contributed by atoms with Crippen molar-refractivity contribution in [2.45, 2.75) is 166 Å². The van der Waals surface area contributed by atoms with Crippen LogP contribution in [-0.4, -0.2) is 109 Å². The molecule has 2 aliphatic heterocycles. The minimum Gasteiger partial charge on any atom is -0.394 e. The number of rotatable bonds is 8. The van der Waals surface area contributed by atoms with Crippen molar-refractivity contribution >= 4 is 0 Å². The molecule has 0 unspecified atom stereocenters. The number of aliphatic hydroxyl groups excluding tert-OH is 6. The van der Waals surface area contributed by atoms with E-state index < -0.39 is 54.6 Å². The summed E-state index contributed by atoms with van der Waals surface area (Å²) >= 11 is 0. The molecule has 2 saturated heterocycles. The topological polar surface area (TPSA) is 173 Å². The van der Waals surface area contributed by atoms with E-state index in [-0.39, 0.29) is 64.1 Å². The summed E-state index contributed by atoms with van der Waals surface area (Å²) in [7, 11) is 0. The molecule has 6 aliphatic rings. The number of hydrogen-bond donors (Lipinski definition) is 7. The Bertz CT molecular complexity index is 1130. The minimum absolute atomic E-state index is 0.00551.